The molecule has 6 heteroatoms. The Morgan fingerprint density at radius 3 is 2.89 bits per heavy atom. The average molecular weight is 287 g/mol. The molecule has 100 valence electrons. The topological polar surface area (TPSA) is 54.5 Å². The summed E-state index contributed by atoms with van der Waals surface area (Å²) in [5, 5.41) is 1.76. The zero-order chi connectivity index (χ0) is 13.2. The highest BCUT2D eigenvalue weighted by molar-refractivity contribution is 7.91. The summed E-state index contributed by atoms with van der Waals surface area (Å²) in [5.74, 6) is 0.0493. The van der Waals surface area contributed by atoms with Crippen LogP contribution < -0.4 is 0 Å². The van der Waals surface area contributed by atoms with Crippen molar-refractivity contribution in [1.82, 2.24) is 4.31 Å². The monoisotopic (exact) mass is 287 g/mol. The van der Waals surface area contributed by atoms with Gasteiger partial charge in [0.05, 0.1) is 0 Å². The Hall–Kier alpha value is -0.720. The van der Waals surface area contributed by atoms with Crippen LogP contribution in [-0.4, -0.2) is 31.1 Å². The Labute approximate surface area is 112 Å². The number of carbonyl (C=O) groups is 1. The summed E-state index contributed by atoms with van der Waals surface area (Å²) < 4.78 is 26.8. The summed E-state index contributed by atoms with van der Waals surface area (Å²) >= 11 is 1.23. The quantitative estimate of drug-likeness (QED) is 0.853. The Kier molecular flexibility index (Phi) is 4.19. The Bertz CT molecular complexity index is 507. The molecule has 0 amide bonds. The van der Waals surface area contributed by atoms with E-state index in [0.717, 1.165) is 19.3 Å². The number of hydrogen-bond acceptors (Lipinski definition) is 4. The van der Waals surface area contributed by atoms with Gasteiger partial charge in [-0.15, -0.1) is 11.3 Å². The number of sulfonamides is 1. The first-order chi connectivity index (χ1) is 8.51. The van der Waals surface area contributed by atoms with Gasteiger partial charge in [0.2, 0.25) is 0 Å². The average Bonchev–Trinajstić information content (AvgIpc) is 2.82. The zero-order valence-electron chi connectivity index (χ0n) is 10.3. The Morgan fingerprint density at radius 1 is 1.50 bits per heavy atom. The first-order valence-corrected chi connectivity index (χ1v) is 8.38. The van der Waals surface area contributed by atoms with Crippen LogP contribution in [0.4, 0.5) is 0 Å². The lowest BCUT2D eigenvalue weighted by atomic mass is 10.0. The van der Waals surface area contributed by atoms with Crippen LogP contribution in [0.1, 0.15) is 32.6 Å². The molecule has 4 nitrogen and oxygen atoms in total. The maximum absolute atomic E-state index is 12.5. The molecule has 0 N–H and O–H groups in total. The van der Waals surface area contributed by atoms with Gasteiger partial charge in [-0.2, -0.15) is 4.31 Å². The normalized spacial score (nSPS) is 21.9. The smallest absolute Gasteiger partial charge is 0.252 e. The lowest BCUT2D eigenvalue weighted by Crippen LogP contribution is -2.44. The fraction of sp³-hybridized carbons (Fsp3) is 0.583. The maximum atomic E-state index is 12.5. The van der Waals surface area contributed by atoms with Gasteiger partial charge in [-0.1, -0.05) is 12.5 Å². The molecule has 1 aromatic rings. The van der Waals surface area contributed by atoms with E-state index in [4.69, 9.17) is 0 Å². The van der Waals surface area contributed by atoms with Crippen molar-refractivity contribution < 1.29 is 13.2 Å². The van der Waals surface area contributed by atoms with E-state index in [0.29, 0.717) is 17.2 Å². The van der Waals surface area contributed by atoms with E-state index in [1.807, 2.05) is 0 Å². The third-order valence-electron chi connectivity index (χ3n) is 3.15. The van der Waals surface area contributed by atoms with Gasteiger partial charge in [0.25, 0.3) is 10.0 Å². The third-order valence-corrected chi connectivity index (χ3v) is 6.48. The lowest BCUT2D eigenvalue weighted by Gasteiger charge is -2.33. The molecule has 2 heterocycles. The molecule has 2 rings (SSSR count). The first kappa shape index (κ1) is 13.7. The molecule has 18 heavy (non-hydrogen) atoms. The molecular weight excluding hydrogens is 270 g/mol. The molecule has 0 aromatic carbocycles. The number of rotatable bonds is 4. The highest BCUT2D eigenvalue weighted by Crippen LogP contribution is 2.29. The molecule has 0 radical (unpaired) electrons. The third kappa shape index (κ3) is 2.81. The number of Topliss-reactive ketones (excluding diaryl/α,β-unsaturated/α-hetero) is 1. The minimum atomic E-state index is -3.41. The van der Waals surface area contributed by atoms with Crippen molar-refractivity contribution in [3.05, 3.63) is 17.5 Å². The second kappa shape index (κ2) is 5.50. The fourth-order valence-corrected chi connectivity index (χ4v) is 5.16. The second-order valence-corrected chi connectivity index (χ2v) is 7.67. The molecule has 1 fully saturated rings. The molecule has 0 spiro atoms. The minimum absolute atomic E-state index is 0.0493. The highest BCUT2D eigenvalue weighted by atomic mass is 32.2. The van der Waals surface area contributed by atoms with E-state index >= 15 is 0 Å². The van der Waals surface area contributed by atoms with Gasteiger partial charge in [-0.05, 0) is 31.2 Å². The van der Waals surface area contributed by atoms with Crippen molar-refractivity contribution in [2.75, 3.05) is 6.54 Å². The van der Waals surface area contributed by atoms with Gasteiger partial charge in [0, 0.05) is 19.0 Å². The number of piperidine rings is 1. The summed E-state index contributed by atoms with van der Waals surface area (Å²) in [6.07, 6.45) is 2.97. The predicted molar refractivity (Wildman–Crippen MR) is 71.1 cm³/mol. The molecule has 1 atom stereocenters. The highest BCUT2D eigenvalue weighted by Gasteiger charge is 2.34. The maximum Gasteiger partial charge on any atom is 0.252 e. The van der Waals surface area contributed by atoms with Crippen molar-refractivity contribution in [1.29, 1.82) is 0 Å². The largest absolute Gasteiger partial charge is 0.300 e. The Balaban J connectivity index is 2.26. The van der Waals surface area contributed by atoms with Crippen molar-refractivity contribution >= 4 is 27.1 Å². The van der Waals surface area contributed by atoms with E-state index in [9.17, 15) is 13.2 Å². The summed E-state index contributed by atoms with van der Waals surface area (Å²) in [6, 6.07) is 3.20. The molecule has 1 unspecified atom stereocenters. The zero-order valence-corrected chi connectivity index (χ0v) is 12.0. The minimum Gasteiger partial charge on any atom is -0.300 e. The predicted octanol–water partition coefficient (Wildman–Crippen LogP) is 2.27. The van der Waals surface area contributed by atoms with Crippen LogP contribution in [0.5, 0.6) is 0 Å². The number of carbonyl (C=O) groups excluding carboxylic acids is 1. The molecule has 0 bridgehead atoms. The molecule has 0 saturated carbocycles. The van der Waals surface area contributed by atoms with Crippen LogP contribution in [0.25, 0.3) is 0 Å². The summed E-state index contributed by atoms with van der Waals surface area (Å²) in [5.41, 5.74) is 0. The van der Waals surface area contributed by atoms with E-state index in [1.165, 1.54) is 22.6 Å². The SMILES string of the molecule is CC(=O)CC1CCCCN1S(=O)(=O)c1cccs1. The van der Waals surface area contributed by atoms with Gasteiger partial charge in [0.15, 0.2) is 0 Å². The van der Waals surface area contributed by atoms with Crippen LogP contribution in [-0.2, 0) is 14.8 Å². The standard InChI is InChI=1S/C12H17NO3S2/c1-10(14)9-11-5-2-3-7-13(11)18(15,16)12-6-4-8-17-12/h4,6,8,11H,2-3,5,7,9H2,1H3. The van der Waals surface area contributed by atoms with E-state index in [2.05, 4.69) is 0 Å². The second-order valence-electron chi connectivity index (χ2n) is 4.60. The summed E-state index contributed by atoms with van der Waals surface area (Å²) in [7, 11) is -3.41. The number of nitrogens with zero attached hydrogens (tertiary/aromatic N) is 1. The van der Waals surface area contributed by atoms with E-state index in [-0.39, 0.29) is 11.8 Å². The van der Waals surface area contributed by atoms with Crippen molar-refractivity contribution in [2.24, 2.45) is 0 Å². The van der Waals surface area contributed by atoms with Crippen LogP contribution in [0.2, 0.25) is 0 Å². The number of ketones is 1. The Morgan fingerprint density at radius 2 is 2.28 bits per heavy atom. The first-order valence-electron chi connectivity index (χ1n) is 6.06. The molecule has 1 aliphatic rings. The van der Waals surface area contributed by atoms with E-state index < -0.39 is 10.0 Å². The van der Waals surface area contributed by atoms with Crippen LogP contribution in [0.3, 0.4) is 0 Å². The molecule has 1 saturated heterocycles. The van der Waals surface area contributed by atoms with Crippen molar-refractivity contribution in [2.45, 2.75) is 42.9 Å². The van der Waals surface area contributed by atoms with Gasteiger partial charge in [-0.25, -0.2) is 8.42 Å². The van der Waals surface area contributed by atoms with E-state index in [1.54, 1.807) is 17.5 Å². The van der Waals surface area contributed by atoms with Gasteiger partial charge in [0.1, 0.15) is 9.99 Å². The van der Waals surface area contributed by atoms with Crippen molar-refractivity contribution in [3.8, 4) is 0 Å². The van der Waals surface area contributed by atoms with Gasteiger partial charge < -0.3 is 0 Å². The van der Waals surface area contributed by atoms with Crippen LogP contribution >= 0.6 is 11.3 Å². The number of hydrogen-bond donors (Lipinski definition) is 0. The van der Waals surface area contributed by atoms with Crippen LogP contribution in [0.15, 0.2) is 21.7 Å². The molecular formula is C12H17NO3S2. The fourth-order valence-electron chi connectivity index (χ4n) is 2.35. The lowest BCUT2D eigenvalue weighted by molar-refractivity contribution is -0.118. The van der Waals surface area contributed by atoms with Crippen molar-refractivity contribution in [3.63, 3.8) is 0 Å². The molecule has 1 aliphatic heterocycles. The molecule has 1 aromatic heterocycles. The summed E-state index contributed by atoms with van der Waals surface area (Å²) in [6.45, 7) is 2.04. The van der Waals surface area contributed by atoms with Gasteiger partial charge in [-0.3, -0.25) is 4.79 Å². The summed E-state index contributed by atoms with van der Waals surface area (Å²) in [4.78, 5) is 11.3. The number of thiophene rings is 1. The van der Waals surface area contributed by atoms with Crippen LogP contribution in [0, 0.1) is 0 Å². The van der Waals surface area contributed by atoms with Gasteiger partial charge >= 0.3 is 0 Å². The molecule has 0 aliphatic carbocycles.